The predicted octanol–water partition coefficient (Wildman–Crippen LogP) is 15.2. The Morgan fingerprint density at radius 2 is 0.763 bits per heavy atom. The number of nitrogens with zero attached hydrogens (tertiary/aromatic N) is 2. The Morgan fingerprint density at radius 3 is 1.39 bits per heavy atom. The summed E-state index contributed by atoms with van der Waals surface area (Å²) in [5.41, 5.74) is 14.3. The molecule has 5 nitrogen and oxygen atoms in total. The van der Waals surface area contributed by atoms with Crippen LogP contribution in [0.4, 0.5) is 0 Å². The van der Waals surface area contributed by atoms with E-state index in [2.05, 4.69) is 167 Å². The lowest BCUT2D eigenvalue weighted by Gasteiger charge is -2.10. The van der Waals surface area contributed by atoms with Gasteiger partial charge in [0.2, 0.25) is 0 Å². The van der Waals surface area contributed by atoms with Crippen LogP contribution in [-0.4, -0.2) is 9.13 Å². The average molecular weight is 755 g/mol. The van der Waals surface area contributed by atoms with Crippen molar-refractivity contribution in [1.82, 2.24) is 9.13 Å². The molecule has 9 aromatic carbocycles. The fourth-order valence-electron chi connectivity index (χ4n) is 9.94. The fraction of sp³-hybridized carbons (Fsp3) is 0. The molecular formula is C54H30N2O3. The average Bonchev–Trinajstić information content (AvgIpc) is 4.10. The molecule has 0 amide bonds. The van der Waals surface area contributed by atoms with Crippen molar-refractivity contribution in [2.24, 2.45) is 0 Å². The van der Waals surface area contributed by atoms with E-state index in [0.717, 1.165) is 132 Å². The zero-order valence-electron chi connectivity index (χ0n) is 31.4. The van der Waals surface area contributed by atoms with Gasteiger partial charge < -0.3 is 22.4 Å². The van der Waals surface area contributed by atoms with Crippen LogP contribution >= 0.6 is 0 Å². The molecule has 0 saturated heterocycles. The number of aromatic nitrogens is 2. The lowest BCUT2D eigenvalue weighted by atomic mass is 10.0. The minimum absolute atomic E-state index is 0.884. The summed E-state index contributed by atoms with van der Waals surface area (Å²) >= 11 is 0. The van der Waals surface area contributed by atoms with E-state index in [1.807, 2.05) is 24.3 Å². The molecule has 0 saturated carbocycles. The van der Waals surface area contributed by atoms with Crippen molar-refractivity contribution in [1.29, 1.82) is 0 Å². The van der Waals surface area contributed by atoms with Crippen LogP contribution in [-0.2, 0) is 0 Å². The molecule has 0 unspecified atom stereocenters. The zero-order chi connectivity index (χ0) is 38.3. The van der Waals surface area contributed by atoms with Gasteiger partial charge >= 0.3 is 0 Å². The first-order valence-electron chi connectivity index (χ1n) is 20.0. The molecule has 0 aliphatic carbocycles. The Bertz CT molecular complexity index is 4090. The molecule has 5 aromatic heterocycles. The number of rotatable bonds is 3. The molecule has 14 aromatic rings. The molecule has 0 aliphatic heterocycles. The van der Waals surface area contributed by atoms with Gasteiger partial charge in [-0.25, -0.2) is 0 Å². The minimum Gasteiger partial charge on any atom is -0.456 e. The second kappa shape index (κ2) is 11.3. The third-order valence-electron chi connectivity index (χ3n) is 12.5. The molecule has 0 radical (unpaired) electrons. The number of fused-ring (bicyclic) bond motifs is 17. The number of hydrogen-bond donors (Lipinski definition) is 0. The van der Waals surface area contributed by atoms with Crippen molar-refractivity contribution in [2.45, 2.75) is 0 Å². The van der Waals surface area contributed by atoms with Crippen molar-refractivity contribution < 1.29 is 13.3 Å². The van der Waals surface area contributed by atoms with Crippen molar-refractivity contribution in [2.75, 3.05) is 0 Å². The summed E-state index contributed by atoms with van der Waals surface area (Å²) in [6.45, 7) is 0. The minimum atomic E-state index is 0.884. The summed E-state index contributed by atoms with van der Waals surface area (Å²) in [6.07, 6.45) is 0. The number of para-hydroxylation sites is 4. The summed E-state index contributed by atoms with van der Waals surface area (Å²) in [7, 11) is 0. The van der Waals surface area contributed by atoms with E-state index in [1.165, 1.54) is 0 Å². The molecule has 274 valence electrons. The van der Waals surface area contributed by atoms with Crippen LogP contribution in [0.5, 0.6) is 0 Å². The van der Waals surface area contributed by atoms with E-state index in [4.69, 9.17) is 13.3 Å². The van der Waals surface area contributed by atoms with E-state index < -0.39 is 0 Å². The Kier molecular flexibility index (Phi) is 5.96. The van der Waals surface area contributed by atoms with Crippen molar-refractivity contribution in [3.05, 3.63) is 182 Å². The lowest BCUT2D eigenvalue weighted by Crippen LogP contribution is -1.94. The largest absolute Gasteiger partial charge is 0.456 e. The predicted molar refractivity (Wildman–Crippen MR) is 242 cm³/mol. The fourth-order valence-corrected chi connectivity index (χ4v) is 9.94. The quantitative estimate of drug-likeness (QED) is 0.180. The Morgan fingerprint density at radius 1 is 0.271 bits per heavy atom. The van der Waals surface area contributed by atoms with Crippen LogP contribution in [0.1, 0.15) is 0 Å². The van der Waals surface area contributed by atoms with Crippen molar-refractivity contribution in [3.63, 3.8) is 0 Å². The standard InChI is InChI=1S/C54H30N2O3/c1-5-16-43-39(14-1)51-45(55(43)33-11-9-10-31(28-33)32-20-26-49-41(29-32)35-12-3-7-18-47(35)57-49)24-22-37-38-23-25-46-52(54(38)59-53(37)51)40-15-2-6-17-44(40)56(46)34-21-27-50-42(30-34)36-13-4-8-19-48(36)58-50/h1-30H. The second-order valence-corrected chi connectivity index (χ2v) is 15.6. The van der Waals surface area contributed by atoms with E-state index >= 15 is 0 Å². The highest BCUT2D eigenvalue weighted by molar-refractivity contribution is 6.29. The first-order valence-corrected chi connectivity index (χ1v) is 20.0. The van der Waals surface area contributed by atoms with Crippen LogP contribution in [0.2, 0.25) is 0 Å². The highest BCUT2D eigenvalue weighted by atomic mass is 16.3. The van der Waals surface area contributed by atoms with Gasteiger partial charge in [0.1, 0.15) is 33.5 Å². The Balaban J connectivity index is 0.993. The Labute approximate surface area is 335 Å². The SMILES string of the molecule is c1cc(-c2ccc3oc4ccccc4c3c2)cc(-n2c3ccccc3c3c4oc5c(ccc6c5c5ccccc5n6-c5ccc6oc7ccccc7c6c5)c4ccc32)c1. The zero-order valence-corrected chi connectivity index (χ0v) is 31.4. The number of furan rings is 3. The highest BCUT2D eigenvalue weighted by Gasteiger charge is 2.23. The maximum absolute atomic E-state index is 7.22. The number of hydrogen-bond acceptors (Lipinski definition) is 3. The van der Waals surface area contributed by atoms with Gasteiger partial charge in [0.25, 0.3) is 0 Å². The molecule has 5 heterocycles. The molecule has 0 aliphatic rings. The summed E-state index contributed by atoms with van der Waals surface area (Å²) in [5.74, 6) is 0. The molecule has 0 N–H and O–H groups in total. The van der Waals surface area contributed by atoms with Crippen LogP contribution in [0.15, 0.2) is 195 Å². The molecule has 59 heavy (non-hydrogen) atoms. The molecule has 0 spiro atoms. The lowest BCUT2D eigenvalue weighted by molar-refractivity contribution is 0.668. The van der Waals surface area contributed by atoms with E-state index in [-0.39, 0.29) is 0 Å². The van der Waals surface area contributed by atoms with Gasteiger partial charge in [-0.1, -0.05) is 91.0 Å². The van der Waals surface area contributed by atoms with Crippen molar-refractivity contribution >= 4 is 109 Å². The smallest absolute Gasteiger partial charge is 0.145 e. The first-order chi connectivity index (χ1) is 29.2. The van der Waals surface area contributed by atoms with Crippen LogP contribution < -0.4 is 0 Å². The van der Waals surface area contributed by atoms with Crippen LogP contribution in [0.3, 0.4) is 0 Å². The molecule has 0 fully saturated rings. The topological polar surface area (TPSA) is 49.3 Å². The summed E-state index contributed by atoms with van der Waals surface area (Å²) in [4.78, 5) is 0. The first kappa shape index (κ1) is 31.1. The normalized spacial score (nSPS) is 12.4. The van der Waals surface area contributed by atoms with Gasteiger partial charge in [0.05, 0.1) is 32.8 Å². The molecule has 0 atom stereocenters. The van der Waals surface area contributed by atoms with Gasteiger partial charge in [-0.15, -0.1) is 0 Å². The Hall–Kier alpha value is -8.02. The third-order valence-corrected chi connectivity index (χ3v) is 12.5. The van der Waals surface area contributed by atoms with Crippen molar-refractivity contribution in [3.8, 4) is 22.5 Å². The maximum atomic E-state index is 7.22. The van der Waals surface area contributed by atoms with E-state index in [9.17, 15) is 0 Å². The van der Waals surface area contributed by atoms with Gasteiger partial charge in [0.15, 0.2) is 0 Å². The van der Waals surface area contributed by atoms with Gasteiger partial charge in [-0.2, -0.15) is 0 Å². The summed E-state index contributed by atoms with van der Waals surface area (Å²) < 4.78 is 24.3. The van der Waals surface area contributed by atoms with Crippen LogP contribution in [0.25, 0.3) is 132 Å². The third kappa shape index (κ3) is 4.18. The van der Waals surface area contributed by atoms with E-state index in [0.29, 0.717) is 0 Å². The monoisotopic (exact) mass is 754 g/mol. The number of benzene rings is 9. The molecule has 5 heteroatoms. The second-order valence-electron chi connectivity index (χ2n) is 15.6. The maximum Gasteiger partial charge on any atom is 0.145 e. The highest BCUT2D eigenvalue weighted by Crippen LogP contribution is 2.45. The molecular weight excluding hydrogens is 725 g/mol. The van der Waals surface area contributed by atoms with Gasteiger partial charge in [-0.3, -0.25) is 0 Å². The summed E-state index contributed by atoms with van der Waals surface area (Å²) in [6, 6.07) is 64.7. The molecule has 0 bridgehead atoms. The van der Waals surface area contributed by atoms with Gasteiger partial charge in [0, 0.05) is 54.5 Å². The molecule has 14 rings (SSSR count). The van der Waals surface area contributed by atoms with E-state index in [1.54, 1.807) is 0 Å². The summed E-state index contributed by atoms with van der Waals surface area (Å²) in [5, 5.41) is 11.2. The van der Waals surface area contributed by atoms with Gasteiger partial charge in [-0.05, 0) is 102 Å². The van der Waals surface area contributed by atoms with Crippen LogP contribution in [0, 0.1) is 0 Å².